The van der Waals surface area contributed by atoms with E-state index in [-0.39, 0.29) is 17.9 Å². The summed E-state index contributed by atoms with van der Waals surface area (Å²) in [6, 6.07) is 7.08. The number of carbonyl (C=O) groups is 1. The van der Waals surface area contributed by atoms with Crippen LogP contribution < -0.4 is 15.8 Å². The minimum atomic E-state index is -0.474. The molecule has 0 aromatic heterocycles. The largest absolute Gasteiger partial charge is 0.497 e. The van der Waals surface area contributed by atoms with Crippen molar-refractivity contribution in [1.82, 2.24) is 5.32 Å². The lowest BCUT2D eigenvalue weighted by Gasteiger charge is -2.20. The minimum Gasteiger partial charge on any atom is -0.497 e. The number of nitrogens with one attached hydrogen (secondary N) is 1. The van der Waals surface area contributed by atoms with E-state index >= 15 is 0 Å². The van der Waals surface area contributed by atoms with Gasteiger partial charge in [-0.3, -0.25) is 4.79 Å². The van der Waals surface area contributed by atoms with Crippen molar-refractivity contribution in [2.75, 3.05) is 7.11 Å². The Kier molecular flexibility index (Phi) is 5.16. The zero-order valence-corrected chi connectivity index (χ0v) is 11.4. The summed E-state index contributed by atoms with van der Waals surface area (Å²) < 4.78 is 5.16. The molecule has 100 valence electrons. The highest BCUT2D eigenvalue weighted by atomic mass is 16.5. The number of nitrogens with two attached hydrogens (primary N) is 1. The summed E-state index contributed by atoms with van der Waals surface area (Å²) in [4.78, 5) is 11.9. The Morgan fingerprint density at radius 2 is 2.00 bits per heavy atom. The van der Waals surface area contributed by atoms with E-state index in [1.54, 1.807) is 7.11 Å². The summed E-state index contributed by atoms with van der Waals surface area (Å²) >= 11 is 0. The number of hydrogen-bond donors (Lipinski definition) is 2. The SMILES string of the molecule is COc1cccc(C(C)NC(=O)C(N)C(C)C)c1. The molecule has 0 aliphatic heterocycles. The Morgan fingerprint density at radius 3 is 2.56 bits per heavy atom. The molecule has 2 unspecified atom stereocenters. The highest BCUT2D eigenvalue weighted by Crippen LogP contribution is 2.18. The molecule has 0 heterocycles. The molecule has 0 saturated carbocycles. The van der Waals surface area contributed by atoms with Gasteiger partial charge in [-0.1, -0.05) is 26.0 Å². The van der Waals surface area contributed by atoms with E-state index in [0.29, 0.717) is 0 Å². The van der Waals surface area contributed by atoms with Gasteiger partial charge in [0, 0.05) is 0 Å². The van der Waals surface area contributed by atoms with Crippen LogP contribution >= 0.6 is 0 Å². The van der Waals surface area contributed by atoms with Crippen molar-refractivity contribution < 1.29 is 9.53 Å². The molecule has 4 heteroatoms. The van der Waals surface area contributed by atoms with E-state index in [1.807, 2.05) is 45.0 Å². The second-order valence-corrected chi connectivity index (χ2v) is 4.78. The molecular weight excluding hydrogens is 228 g/mol. The van der Waals surface area contributed by atoms with Crippen LogP contribution in [0.1, 0.15) is 32.4 Å². The van der Waals surface area contributed by atoms with Crippen molar-refractivity contribution in [3.05, 3.63) is 29.8 Å². The van der Waals surface area contributed by atoms with Crippen LogP contribution in [0.15, 0.2) is 24.3 Å². The Bertz CT molecular complexity index is 405. The molecule has 3 N–H and O–H groups in total. The van der Waals surface area contributed by atoms with Gasteiger partial charge in [0.2, 0.25) is 5.91 Å². The summed E-state index contributed by atoms with van der Waals surface area (Å²) in [6.07, 6.45) is 0. The van der Waals surface area contributed by atoms with Crippen LogP contribution in [0, 0.1) is 5.92 Å². The average Bonchev–Trinajstić information content (AvgIpc) is 2.37. The fourth-order valence-corrected chi connectivity index (χ4v) is 1.61. The number of amides is 1. The van der Waals surface area contributed by atoms with E-state index in [4.69, 9.17) is 10.5 Å². The summed E-state index contributed by atoms with van der Waals surface area (Å²) in [5.41, 5.74) is 6.80. The Labute approximate surface area is 109 Å². The fourth-order valence-electron chi connectivity index (χ4n) is 1.61. The van der Waals surface area contributed by atoms with Crippen molar-refractivity contribution in [1.29, 1.82) is 0 Å². The summed E-state index contributed by atoms with van der Waals surface area (Å²) in [7, 11) is 1.62. The quantitative estimate of drug-likeness (QED) is 0.838. The maximum atomic E-state index is 11.9. The summed E-state index contributed by atoms with van der Waals surface area (Å²) in [5.74, 6) is 0.782. The van der Waals surface area contributed by atoms with Gasteiger partial charge in [-0.15, -0.1) is 0 Å². The number of methoxy groups -OCH3 is 1. The number of rotatable bonds is 5. The smallest absolute Gasteiger partial charge is 0.237 e. The van der Waals surface area contributed by atoms with Gasteiger partial charge in [-0.05, 0) is 30.5 Å². The van der Waals surface area contributed by atoms with Crippen molar-refractivity contribution in [3.8, 4) is 5.75 Å². The molecule has 1 amide bonds. The monoisotopic (exact) mass is 250 g/mol. The fraction of sp³-hybridized carbons (Fsp3) is 0.500. The maximum Gasteiger partial charge on any atom is 0.237 e. The first kappa shape index (κ1) is 14.5. The molecule has 18 heavy (non-hydrogen) atoms. The zero-order valence-electron chi connectivity index (χ0n) is 11.4. The van der Waals surface area contributed by atoms with E-state index in [9.17, 15) is 4.79 Å². The van der Waals surface area contributed by atoms with Crippen LogP contribution in [0.3, 0.4) is 0 Å². The molecule has 0 radical (unpaired) electrons. The second kappa shape index (κ2) is 6.40. The third-order valence-electron chi connectivity index (χ3n) is 2.97. The van der Waals surface area contributed by atoms with Gasteiger partial charge in [0.1, 0.15) is 5.75 Å². The van der Waals surface area contributed by atoms with Gasteiger partial charge in [0.05, 0.1) is 19.2 Å². The molecule has 0 spiro atoms. The lowest BCUT2D eigenvalue weighted by atomic mass is 10.0. The molecular formula is C14H22N2O2. The van der Waals surface area contributed by atoms with Gasteiger partial charge in [0.25, 0.3) is 0 Å². The van der Waals surface area contributed by atoms with Gasteiger partial charge in [0.15, 0.2) is 0 Å². The molecule has 0 fully saturated rings. The predicted octanol–water partition coefficient (Wildman–Crippen LogP) is 1.86. The zero-order chi connectivity index (χ0) is 13.7. The van der Waals surface area contributed by atoms with E-state index in [1.165, 1.54) is 0 Å². The Balaban J connectivity index is 2.70. The molecule has 1 aromatic rings. The average molecular weight is 250 g/mol. The molecule has 0 aliphatic carbocycles. The van der Waals surface area contributed by atoms with Crippen LogP contribution in [-0.4, -0.2) is 19.1 Å². The number of hydrogen-bond acceptors (Lipinski definition) is 3. The van der Waals surface area contributed by atoms with Crippen LogP contribution in [0.5, 0.6) is 5.75 Å². The third-order valence-corrected chi connectivity index (χ3v) is 2.97. The minimum absolute atomic E-state index is 0.0857. The van der Waals surface area contributed by atoms with Gasteiger partial charge in [-0.2, -0.15) is 0 Å². The number of carbonyl (C=O) groups excluding carboxylic acids is 1. The van der Waals surface area contributed by atoms with Gasteiger partial charge < -0.3 is 15.8 Å². The van der Waals surface area contributed by atoms with Crippen molar-refractivity contribution in [2.45, 2.75) is 32.9 Å². The maximum absolute atomic E-state index is 11.9. The van der Waals surface area contributed by atoms with Gasteiger partial charge in [-0.25, -0.2) is 0 Å². The first-order valence-electron chi connectivity index (χ1n) is 6.15. The summed E-state index contributed by atoms with van der Waals surface area (Å²) in [5, 5.41) is 2.91. The Morgan fingerprint density at radius 1 is 1.33 bits per heavy atom. The van der Waals surface area contributed by atoms with Crippen molar-refractivity contribution in [2.24, 2.45) is 11.7 Å². The molecule has 0 saturated heterocycles. The van der Waals surface area contributed by atoms with E-state index in [0.717, 1.165) is 11.3 Å². The highest BCUT2D eigenvalue weighted by molar-refractivity contribution is 5.82. The first-order chi connectivity index (χ1) is 8.45. The molecule has 1 rings (SSSR count). The first-order valence-corrected chi connectivity index (χ1v) is 6.15. The molecule has 4 nitrogen and oxygen atoms in total. The van der Waals surface area contributed by atoms with Gasteiger partial charge >= 0.3 is 0 Å². The number of ether oxygens (including phenoxy) is 1. The lowest BCUT2D eigenvalue weighted by molar-refractivity contribution is -0.123. The normalized spacial score (nSPS) is 14.1. The molecule has 0 aliphatic rings. The second-order valence-electron chi connectivity index (χ2n) is 4.78. The van der Waals surface area contributed by atoms with Crippen LogP contribution in [0.25, 0.3) is 0 Å². The molecule has 1 aromatic carbocycles. The van der Waals surface area contributed by atoms with Crippen LogP contribution in [0.4, 0.5) is 0 Å². The van der Waals surface area contributed by atoms with E-state index < -0.39 is 6.04 Å². The van der Waals surface area contributed by atoms with Crippen molar-refractivity contribution >= 4 is 5.91 Å². The summed E-state index contributed by atoms with van der Waals surface area (Å²) in [6.45, 7) is 5.79. The number of benzene rings is 1. The van der Waals surface area contributed by atoms with Crippen molar-refractivity contribution in [3.63, 3.8) is 0 Å². The predicted molar refractivity (Wildman–Crippen MR) is 72.4 cm³/mol. The molecule has 0 bridgehead atoms. The topological polar surface area (TPSA) is 64.3 Å². The standard InChI is InChI=1S/C14H22N2O2/c1-9(2)13(15)14(17)16-10(3)11-6-5-7-12(8-11)18-4/h5-10,13H,15H2,1-4H3,(H,16,17). The Hall–Kier alpha value is -1.55. The lowest BCUT2D eigenvalue weighted by Crippen LogP contribution is -2.44. The van der Waals surface area contributed by atoms with E-state index in [2.05, 4.69) is 5.32 Å². The van der Waals surface area contributed by atoms with Crippen LogP contribution in [-0.2, 0) is 4.79 Å². The third kappa shape index (κ3) is 3.74. The van der Waals surface area contributed by atoms with Crippen LogP contribution in [0.2, 0.25) is 0 Å². The highest BCUT2D eigenvalue weighted by Gasteiger charge is 2.19. The molecule has 2 atom stereocenters.